The summed E-state index contributed by atoms with van der Waals surface area (Å²) in [7, 11) is 0. The van der Waals surface area contributed by atoms with Gasteiger partial charge in [0.05, 0.1) is 6.61 Å². The second-order valence-electron chi connectivity index (χ2n) is 5.42. The predicted molar refractivity (Wildman–Crippen MR) is 84.1 cm³/mol. The van der Waals surface area contributed by atoms with Gasteiger partial charge < -0.3 is 10.8 Å². The minimum Gasteiger partial charge on any atom is -0.395 e. The molecule has 2 aromatic carbocycles. The Hall–Kier alpha value is -1.42. The van der Waals surface area contributed by atoms with E-state index in [9.17, 15) is 9.50 Å². The standard InChI is InChI=1S/C17H19ClFNO/c1-12-2-4-14(5-3-12)17(10-20,11-21)9-13-8-15(19)6-7-16(13)18/h2-8,21H,9-11,20H2,1H3. The van der Waals surface area contributed by atoms with E-state index in [2.05, 4.69) is 0 Å². The van der Waals surface area contributed by atoms with Crippen molar-refractivity contribution < 1.29 is 9.50 Å². The van der Waals surface area contributed by atoms with Gasteiger partial charge in [-0.3, -0.25) is 0 Å². The summed E-state index contributed by atoms with van der Waals surface area (Å²) in [4.78, 5) is 0. The van der Waals surface area contributed by atoms with Crippen LogP contribution in [0.2, 0.25) is 5.02 Å². The maximum Gasteiger partial charge on any atom is 0.123 e. The number of aliphatic hydroxyl groups excluding tert-OH is 1. The zero-order valence-electron chi connectivity index (χ0n) is 11.9. The summed E-state index contributed by atoms with van der Waals surface area (Å²) in [6, 6.07) is 12.1. The lowest BCUT2D eigenvalue weighted by Crippen LogP contribution is -2.41. The quantitative estimate of drug-likeness (QED) is 0.891. The minimum atomic E-state index is -0.662. The van der Waals surface area contributed by atoms with E-state index in [0.29, 0.717) is 17.0 Å². The number of nitrogens with two attached hydrogens (primary N) is 1. The minimum absolute atomic E-state index is 0.126. The van der Waals surface area contributed by atoms with Crippen LogP contribution >= 0.6 is 11.6 Å². The summed E-state index contributed by atoms with van der Waals surface area (Å²) in [5.41, 5.74) is 7.98. The lowest BCUT2D eigenvalue weighted by Gasteiger charge is -2.31. The smallest absolute Gasteiger partial charge is 0.123 e. The molecule has 0 radical (unpaired) electrons. The Balaban J connectivity index is 2.42. The lowest BCUT2D eigenvalue weighted by molar-refractivity contribution is 0.196. The molecule has 0 aliphatic rings. The second kappa shape index (κ2) is 6.56. The fourth-order valence-corrected chi connectivity index (χ4v) is 2.64. The highest BCUT2D eigenvalue weighted by atomic mass is 35.5. The zero-order valence-corrected chi connectivity index (χ0v) is 12.7. The molecule has 3 N–H and O–H groups in total. The van der Waals surface area contributed by atoms with Crippen molar-refractivity contribution in [3.05, 3.63) is 70.0 Å². The molecule has 2 aromatic rings. The first-order valence-corrected chi connectivity index (χ1v) is 7.20. The maximum absolute atomic E-state index is 13.4. The van der Waals surface area contributed by atoms with Gasteiger partial charge in [-0.2, -0.15) is 0 Å². The third kappa shape index (κ3) is 3.43. The van der Waals surface area contributed by atoms with Crippen molar-refractivity contribution in [1.29, 1.82) is 0 Å². The van der Waals surface area contributed by atoms with Crippen molar-refractivity contribution >= 4 is 11.6 Å². The molecule has 0 amide bonds. The largest absolute Gasteiger partial charge is 0.395 e. The van der Waals surface area contributed by atoms with Gasteiger partial charge in [0.15, 0.2) is 0 Å². The van der Waals surface area contributed by atoms with E-state index in [1.807, 2.05) is 31.2 Å². The Kier molecular flexibility index (Phi) is 4.99. The maximum atomic E-state index is 13.4. The van der Waals surface area contributed by atoms with Crippen molar-refractivity contribution in [2.45, 2.75) is 18.8 Å². The zero-order chi connectivity index (χ0) is 15.5. The molecule has 1 unspecified atom stereocenters. The molecule has 112 valence electrons. The third-order valence-electron chi connectivity index (χ3n) is 3.89. The van der Waals surface area contributed by atoms with Crippen LogP contribution in [-0.4, -0.2) is 18.3 Å². The van der Waals surface area contributed by atoms with Crippen LogP contribution in [-0.2, 0) is 11.8 Å². The number of hydrogen-bond donors (Lipinski definition) is 2. The predicted octanol–water partition coefficient (Wildman–Crippen LogP) is 3.22. The van der Waals surface area contributed by atoms with Gasteiger partial charge in [0.25, 0.3) is 0 Å². The van der Waals surface area contributed by atoms with E-state index >= 15 is 0 Å². The highest BCUT2D eigenvalue weighted by Gasteiger charge is 2.31. The van der Waals surface area contributed by atoms with E-state index < -0.39 is 5.41 Å². The van der Waals surface area contributed by atoms with Gasteiger partial charge in [-0.25, -0.2) is 4.39 Å². The SMILES string of the molecule is Cc1ccc(C(CN)(CO)Cc2cc(F)ccc2Cl)cc1. The first kappa shape index (κ1) is 16.0. The highest BCUT2D eigenvalue weighted by molar-refractivity contribution is 6.31. The van der Waals surface area contributed by atoms with E-state index in [-0.39, 0.29) is 19.0 Å². The molecule has 0 fully saturated rings. The van der Waals surface area contributed by atoms with Crippen molar-refractivity contribution in [3.8, 4) is 0 Å². The van der Waals surface area contributed by atoms with E-state index in [1.54, 1.807) is 0 Å². The topological polar surface area (TPSA) is 46.2 Å². The van der Waals surface area contributed by atoms with Gasteiger partial charge in [0, 0.05) is 17.0 Å². The van der Waals surface area contributed by atoms with Crippen LogP contribution in [0.15, 0.2) is 42.5 Å². The van der Waals surface area contributed by atoms with Gasteiger partial charge >= 0.3 is 0 Å². The van der Waals surface area contributed by atoms with Gasteiger partial charge in [0.1, 0.15) is 5.82 Å². The average molecular weight is 308 g/mol. The number of aliphatic hydroxyl groups is 1. The number of benzene rings is 2. The Labute approximate surface area is 129 Å². The monoisotopic (exact) mass is 307 g/mol. The first-order valence-electron chi connectivity index (χ1n) is 6.83. The van der Waals surface area contributed by atoms with Crippen LogP contribution < -0.4 is 5.73 Å². The summed E-state index contributed by atoms with van der Waals surface area (Å²) in [5.74, 6) is -0.345. The summed E-state index contributed by atoms with van der Waals surface area (Å²) in [5, 5.41) is 10.4. The molecule has 21 heavy (non-hydrogen) atoms. The van der Waals surface area contributed by atoms with Crippen molar-refractivity contribution in [1.82, 2.24) is 0 Å². The van der Waals surface area contributed by atoms with Gasteiger partial charge in [-0.15, -0.1) is 0 Å². The molecule has 0 bridgehead atoms. The molecule has 0 saturated carbocycles. The van der Waals surface area contributed by atoms with Crippen molar-refractivity contribution in [2.24, 2.45) is 5.73 Å². The molecule has 2 rings (SSSR count). The van der Waals surface area contributed by atoms with Crippen LogP contribution in [0.5, 0.6) is 0 Å². The van der Waals surface area contributed by atoms with Crippen molar-refractivity contribution in [2.75, 3.05) is 13.2 Å². The molecule has 1 atom stereocenters. The fraction of sp³-hybridized carbons (Fsp3) is 0.294. The molecule has 0 saturated heterocycles. The number of aryl methyl sites for hydroxylation is 1. The van der Waals surface area contributed by atoms with Crippen LogP contribution in [0.4, 0.5) is 4.39 Å². The first-order chi connectivity index (χ1) is 10.0. The van der Waals surface area contributed by atoms with Crippen LogP contribution in [0.3, 0.4) is 0 Å². The Bertz CT molecular complexity index is 609. The number of halogens is 2. The van der Waals surface area contributed by atoms with Gasteiger partial charge in [0.2, 0.25) is 0 Å². The molecule has 0 aliphatic heterocycles. The van der Waals surface area contributed by atoms with E-state index in [1.165, 1.54) is 18.2 Å². The fourth-order valence-electron chi connectivity index (χ4n) is 2.45. The Morgan fingerprint density at radius 2 is 1.86 bits per heavy atom. The molecule has 4 heteroatoms. The average Bonchev–Trinajstić information content (AvgIpc) is 2.49. The van der Waals surface area contributed by atoms with Crippen molar-refractivity contribution in [3.63, 3.8) is 0 Å². The number of hydrogen-bond acceptors (Lipinski definition) is 2. The normalized spacial score (nSPS) is 14.0. The molecule has 0 aromatic heterocycles. The number of rotatable bonds is 5. The molecule has 0 spiro atoms. The summed E-state index contributed by atoms with van der Waals surface area (Å²) >= 11 is 6.14. The van der Waals surface area contributed by atoms with E-state index in [4.69, 9.17) is 17.3 Å². The second-order valence-corrected chi connectivity index (χ2v) is 5.83. The molecular formula is C17H19ClFNO. The highest BCUT2D eigenvalue weighted by Crippen LogP contribution is 2.31. The lowest BCUT2D eigenvalue weighted by atomic mass is 9.76. The Morgan fingerprint density at radius 1 is 1.19 bits per heavy atom. The van der Waals surface area contributed by atoms with Crippen LogP contribution in [0.25, 0.3) is 0 Å². The molecule has 2 nitrogen and oxygen atoms in total. The summed E-state index contributed by atoms with van der Waals surface area (Å²) in [6.45, 7) is 2.12. The molecular weight excluding hydrogens is 289 g/mol. The van der Waals surface area contributed by atoms with Crippen LogP contribution in [0, 0.1) is 12.7 Å². The van der Waals surface area contributed by atoms with Gasteiger partial charge in [-0.05, 0) is 42.7 Å². The molecule has 0 aliphatic carbocycles. The van der Waals surface area contributed by atoms with Crippen LogP contribution in [0.1, 0.15) is 16.7 Å². The van der Waals surface area contributed by atoms with E-state index in [0.717, 1.165) is 11.1 Å². The summed E-state index contributed by atoms with van der Waals surface area (Å²) in [6.07, 6.45) is 0.389. The molecule has 0 heterocycles. The van der Waals surface area contributed by atoms with Gasteiger partial charge in [-0.1, -0.05) is 41.4 Å². The third-order valence-corrected chi connectivity index (χ3v) is 4.26. The summed E-state index contributed by atoms with van der Waals surface area (Å²) < 4.78 is 13.4. The Morgan fingerprint density at radius 3 is 2.43 bits per heavy atom.